The van der Waals surface area contributed by atoms with Crippen molar-refractivity contribution in [2.24, 2.45) is 5.92 Å². The molecule has 0 radical (unpaired) electrons. The first-order valence-electron chi connectivity index (χ1n) is 14.3. The van der Waals surface area contributed by atoms with Crippen LogP contribution in [0.3, 0.4) is 0 Å². The van der Waals surface area contributed by atoms with Crippen molar-refractivity contribution in [1.29, 1.82) is 0 Å². The van der Waals surface area contributed by atoms with Crippen molar-refractivity contribution in [3.8, 4) is 0 Å². The van der Waals surface area contributed by atoms with E-state index in [4.69, 9.17) is 4.74 Å². The molecule has 1 aromatic rings. The summed E-state index contributed by atoms with van der Waals surface area (Å²) in [5.41, 5.74) is 1.45. The predicted molar refractivity (Wildman–Crippen MR) is 153 cm³/mol. The van der Waals surface area contributed by atoms with E-state index in [0.717, 1.165) is 42.4 Å². The van der Waals surface area contributed by atoms with Gasteiger partial charge in [0.05, 0.1) is 0 Å². The minimum Gasteiger partial charge on any atom is -0.444 e. The zero-order chi connectivity index (χ0) is 28.8. The van der Waals surface area contributed by atoms with Crippen molar-refractivity contribution in [3.63, 3.8) is 0 Å². The molecule has 1 aliphatic carbocycles. The number of hydrogen-bond donors (Lipinski definition) is 2. The van der Waals surface area contributed by atoms with Crippen LogP contribution in [0.2, 0.25) is 0 Å². The van der Waals surface area contributed by atoms with Crippen LogP contribution in [0.25, 0.3) is 0 Å². The normalized spacial score (nSPS) is 17.2. The quantitative estimate of drug-likeness (QED) is 0.410. The Morgan fingerprint density at radius 3 is 2.16 bits per heavy atom. The van der Waals surface area contributed by atoms with E-state index in [1.54, 1.807) is 25.7 Å². The van der Waals surface area contributed by atoms with Crippen molar-refractivity contribution >= 4 is 17.9 Å². The lowest BCUT2D eigenvalue weighted by Crippen LogP contribution is -2.60. The molecule has 0 spiro atoms. The largest absolute Gasteiger partial charge is 0.444 e. The van der Waals surface area contributed by atoms with Gasteiger partial charge < -0.3 is 20.3 Å². The molecular weight excluding hydrogens is 478 g/mol. The third-order valence-electron chi connectivity index (χ3n) is 7.51. The summed E-state index contributed by atoms with van der Waals surface area (Å²) < 4.78 is 5.51. The number of hydrogen-bond acceptors (Lipinski definition) is 4. The van der Waals surface area contributed by atoms with Crippen LogP contribution in [0.15, 0.2) is 18.2 Å². The van der Waals surface area contributed by atoms with Gasteiger partial charge in [-0.25, -0.2) is 4.79 Å². The highest BCUT2D eigenvalue weighted by molar-refractivity contribution is 5.93. The molecule has 7 heteroatoms. The minimum atomic E-state index is -0.843. The summed E-state index contributed by atoms with van der Waals surface area (Å²) in [5.74, 6) is -0.628. The zero-order valence-electron chi connectivity index (χ0n) is 25.4. The van der Waals surface area contributed by atoms with Gasteiger partial charge in [-0.3, -0.25) is 9.59 Å². The van der Waals surface area contributed by atoms with Crippen LogP contribution >= 0.6 is 0 Å². The monoisotopic (exact) mass is 529 g/mol. The maximum Gasteiger partial charge on any atom is 0.408 e. The van der Waals surface area contributed by atoms with Crippen LogP contribution in [0.1, 0.15) is 117 Å². The highest BCUT2D eigenvalue weighted by Gasteiger charge is 2.44. The maximum atomic E-state index is 14.5. The third-order valence-corrected chi connectivity index (χ3v) is 7.51. The molecule has 1 saturated carbocycles. The van der Waals surface area contributed by atoms with Crippen molar-refractivity contribution in [2.75, 3.05) is 0 Å². The van der Waals surface area contributed by atoms with Gasteiger partial charge in [0, 0.05) is 11.6 Å². The fourth-order valence-electron chi connectivity index (χ4n) is 5.11. The van der Waals surface area contributed by atoms with Crippen molar-refractivity contribution in [3.05, 3.63) is 34.9 Å². The van der Waals surface area contributed by atoms with Gasteiger partial charge in [0.15, 0.2) is 0 Å². The third kappa shape index (κ3) is 8.47. The molecule has 0 saturated heterocycles. The Bertz CT molecular complexity index is 970. The fraction of sp³-hybridized carbons (Fsp3) is 0.710. The van der Waals surface area contributed by atoms with Crippen LogP contribution in [-0.4, -0.2) is 46.0 Å². The minimum absolute atomic E-state index is 0.103. The average Bonchev–Trinajstić information content (AvgIpc) is 2.80. The Balaban J connectivity index is 2.59. The molecule has 0 aromatic heterocycles. The Morgan fingerprint density at radius 1 is 1.03 bits per heavy atom. The van der Waals surface area contributed by atoms with Gasteiger partial charge in [0.1, 0.15) is 17.7 Å². The average molecular weight is 530 g/mol. The summed E-state index contributed by atoms with van der Waals surface area (Å²) in [7, 11) is 0. The number of alkyl carbamates (subject to hydrolysis) is 1. The molecular formula is C31H51N3O4. The fourth-order valence-corrected chi connectivity index (χ4v) is 5.11. The first kappa shape index (κ1) is 31.6. The van der Waals surface area contributed by atoms with E-state index >= 15 is 0 Å². The first-order valence-corrected chi connectivity index (χ1v) is 14.3. The predicted octanol–water partition coefficient (Wildman–Crippen LogP) is 6.36. The van der Waals surface area contributed by atoms with Gasteiger partial charge in [0.25, 0.3) is 0 Å². The Kier molecular flexibility index (Phi) is 10.8. The van der Waals surface area contributed by atoms with Crippen molar-refractivity contribution in [2.45, 2.75) is 137 Å². The summed E-state index contributed by atoms with van der Waals surface area (Å²) in [6.45, 7) is 19.2. The molecule has 1 fully saturated rings. The van der Waals surface area contributed by atoms with Gasteiger partial charge in [-0.15, -0.1) is 0 Å². The van der Waals surface area contributed by atoms with Crippen molar-refractivity contribution in [1.82, 2.24) is 15.5 Å². The second-order valence-electron chi connectivity index (χ2n) is 12.9. The van der Waals surface area contributed by atoms with Crippen LogP contribution in [0.4, 0.5) is 4.79 Å². The second-order valence-corrected chi connectivity index (χ2v) is 12.9. The number of aryl methyl sites for hydroxylation is 1. The van der Waals surface area contributed by atoms with E-state index in [1.807, 2.05) is 66.7 Å². The Labute approximate surface area is 230 Å². The van der Waals surface area contributed by atoms with Crippen LogP contribution < -0.4 is 10.6 Å². The number of ether oxygens (including phenoxy) is 1. The molecule has 3 atom stereocenters. The van der Waals surface area contributed by atoms with Gasteiger partial charge in [-0.2, -0.15) is 0 Å². The lowest BCUT2D eigenvalue weighted by Gasteiger charge is -2.44. The van der Waals surface area contributed by atoms with Crippen LogP contribution in [0.5, 0.6) is 0 Å². The van der Waals surface area contributed by atoms with E-state index in [0.29, 0.717) is 6.42 Å². The van der Waals surface area contributed by atoms with Gasteiger partial charge in [0.2, 0.25) is 11.8 Å². The summed E-state index contributed by atoms with van der Waals surface area (Å²) in [5, 5.41) is 6.13. The zero-order valence-corrected chi connectivity index (χ0v) is 25.4. The van der Waals surface area contributed by atoms with E-state index in [-0.39, 0.29) is 23.8 Å². The lowest BCUT2D eigenvalue weighted by molar-refractivity contribution is -0.149. The van der Waals surface area contributed by atoms with Crippen LogP contribution in [-0.2, 0) is 14.3 Å². The van der Waals surface area contributed by atoms with E-state index < -0.39 is 29.3 Å². The highest BCUT2D eigenvalue weighted by atomic mass is 16.6. The summed E-state index contributed by atoms with van der Waals surface area (Å²) in [6, 6.07) is 4.32. The smallest absolute Gasteiger partial charge is 0.408 e. The maximum absolute atomic E-state index is 14.5. The van der Waals surface area contributed by atoms with E-state index in [9.17, 15) is 14.4 Å². The molecule has 0 bridgehead atoms. The topological polar surface area (TPSA) is 87.7 Å². The number of rotatable bonds is 8. The standard InChI is InChI=1S/C31H51N3O4/c1-11-20(2)25(33-29(37)38-31(8,9)10)28(36)34(30(5,6)7)26(24-19-15-16-21(3)22(24)4)27(35)32-23-17-13-12-14-18-23/h15-16,19-20,23,25-26H,11-14,17-18H2,1-10H3,(H,32,35)(H,33,37). The van der Waals surface area contributed by atoms with Gasteiger partial charge in [-0.1, -0.05) is 57.7 Å². The SMILES string of the molecule is CCC(C)C(NC(=O)OC(C)(C)C)C(=O)N(C(C(=O)NC1CCCCC1)c1cccc(C)c1C)C(C)(C)C. The Morgan fingerprint density at radius 2 is 1.63 bits per heavy atom. The molecule has 1 aliphatic rings. The molecule has 3 amide bonds. The summed E-state index contributed by atoms with van der Waals surface area (Å²) in [4.78, 5) is 43.1. The number of carbonyl (C=O) groups excluding carboxylic acids is 3. The van der Waals surface area contributed by atoms with E-state index in [1.165, 1.54) is 6.42 Å². The molecule has 3 unspecified atom stereocenters. The second kappa shape index (κ2) is 13.0. The molecule has 7 nitrogen and oxygen atoms in total. The molecule has 2 N–H and O–H groups in total. The molecule has 0 heterocycles. The number of carbonyl (C=O) groups is 3. The molecule has 38 heavy (non-hydrogen) atoms. The summed E-state index contributed by atoms with van der Waals surface area (Å²) in [6.07, 6.45) is 5.31. The van der Waals surface area contributed by atoms with Crippen LogP contribution in [0, 0.1) is 19.8 Å². The molecule has 0 aliphatic heterocycles. The highest BCUT2D eigenvalue weighted by Crippen LogP contribution is 2.34. The number of amides is 3. The van der Waals surface area contributed by atoms with Gasteiger partial charge >= 0.3 is 6.09 Å². The molecule has 1 aromatic carbocycles. The van der Waals surface area contributed by atoms with Crippen molar-refractivity contribution < 1.29 is 19.1 Å². The Hall–Kier alpha value is -2.57. The lowest BCUT2D eigenvalue weighted by atomic mass is 9.88. The number of benzene rings is 1. The number of nitrogens with zero attached hydrogens (tertiary/aromatic N) is 1. The van der Waals surface area contributed by atoms with Gasteiger partial charge in [-0.05, 0) is 90.8 Å². The number of nitrogens with one attached hydrogen (secondary N) is 2. The summed E-state index contributed by atoms with van der Waals surface area (Å²) >= 11 is 0. The molecule has 214 valence electrons. The molecule has 2 rings (SSSR count). The first-order chi connectivity index (χ1) is 17.6. The van der Waals surface area contributed by atoms with E-state index in [2.05, 4.69) is 10.6 Å².